The summed E-state index contributed by atoms with van der Waals surface area (Å²) in [4.78, 5) is 14.4. The van der Waals surface area contributed by atoms with Gasteiger partial charge in [-0.2, -0.15) is 5.10 Å². The van der Waals surface area contributed by atoms with Crippen molar-refractivity contribution in [3.05, 3.63) is 33.4 Å². The number of carbonyl (C=O) groups excluding carboxylic acids is 1. The molecular formula is C13H15BrN4O2. The summed E-state index contributed by atoms with van der Waals surface area (Å²) in [6.07, 6.45) is 1.86. The number of carbonyl (C=O) groups is 1. The highest BCUT2D eigenvalue weighted by Gasteiger charge is 2.34. The van der Waals surface area contributed by atoms with Gasteiger partial charge in [0, 0.05) is 18.3 Å². The average molecular weight is 339 g/mol. The summed E-state index contributed by atoms with van der Waals surface area (Å²) in [7, 11) is 0. The summed E-state index contributed by atoms with van der Waals surface area (Å²) < 4.78 is 5.85. The third kappa shape index (κ3) is 2.15. The summed E-state index contributed by atoms with van der Waals surface area (Å²) in [5.74, 6) is 0.681. The molecule has 7 heteroatoms. The number of hydrogen-bond donors (Lipinski definition) is 1. The molecule has 1 unspecified atom stereocenters. The zero-order valence-corrected chi connectivity index (χ0v) is 12.9. The molecule has 106 valence electrons. The first-order valence-corrected chi connectivity index (χ1v) is 7.32. The van der Waals surface area contributed by atoms with Crippen LogP contribution in [0.5, 0.6) is 0 Å². The minimum absolute atomic E-state index is 0.0242. The third-order valence-corrected chi connectivity index (χ3v) is 4.55. The van der Waals surface area contributed by atoms with Crippen molar-refractivity contribution in [2.45, 2.75) is 32.7 Å². The number of nitrogens with one attached hydrogen (secondary N) is 1. The predicted molar refractivity (Wildman–Crippen MR) is 75.3 cm³/mol. The van der Waals surface area contributed by atoms with E-state index < -0.39 is 0 Å². The fourth-order valence-electron chi connectivity index (χ4n) is 2.55. The molecule has 0 spiro atoms. The molecule has 0 aromatic carbocycles. The van der Waals surface area contributed by atoms with Crippen LogP contribution in [0.1, 0.15) is 46.5 Å². The van der Waals surface area contributed by atoms with Gasteiger partial charge in [-0.25, -0.2) is 0 Å². The Labute approximate surface area is 124 Å². The Hall–Kier alpha value is -1.63. The molecule has 1 aliphatic rings. The molecular weight excluding hydrogens is 324 g/mol. The molecule has 1 atom stereocenters. The van der Waals surface area contributed by atoms with E-state index in [1.807, 2.05) is 24.8 Å². The van der Waals surface area contributed by atoms with Gasteiger partial charge in [0.1, 0.15) is 11.5 Å². The number of amides is 1. The second kappa shape index (κ2) is 5.05. The Morgan fingerprint density at radius 1 is 1.55 bits per heavy atom. The fourth-order valence-corrected chi connectivity index (χ4v) is 2.90. The SMILES string of the molecule is Cc1cc(C2CCCN2C(=O)c2n[nH]c(C)c2Br)no1. The van der Waals surface area contributed by atoms with Crippen LogP contribution in [0.2, 0.25) is 0 Å². The molecule has 2 aromatic heterocycles. The van der Waals surface area contributed by atoms with E-state index in [0.717, 1.165) is 34.5 Å². The summed E-state index contributed by atoms with van der Waals surface area (Å²) in [6, 6.07) is 1.87. The third-order valence-electron chi connectivity index (χ3n) is 3.58. The Morgan fingerprint density at radius 3 is 2.95 bits per heavy atom. The highest BCUT2D eigenvalue weighted by Crippen LogP contribution is 2.33. The number of aromatic amines is 1. The van der Waals surface area contributed by atoms with E-state index >= 15 is 0 Å². The first kappa shape index (κ1) is 13.4. The van der Waals surface area contributed by atoms with Crippen molar-refractivity contribution in [3.63, 3.8) is 0 Å². The van der Waals surface area contributed by atoms with Gasteiger partial charge in [0.05, 0.1) is 10.5 Å². The van der Waals surface area contributed by atoms with Crippen LogP contribution in [0.15, 0.2) is 15.1 Å². The van der Waals surface area contributed by atoms with Crippen molar-refractivity contribution in [3.8, 4) is 0 Å². The van der Waals surface area contributed by atoms with Crippen molar-refractivity contribution in [1.29, 1.82) is 0 Å². The minimum atomic E-state index is -0.0793. The zero-order valence-electron chi connectivity index (χ0n) is 11.3. The molecule has 0 radical (unpaired) electrons. The number of aromatic nitrogens is 3. The van der Waals surface area contributed by atoms with Gasteiger partial charge in [-0.1, -0.05) is 5.16 Å². The summed E-state index contributed by atoms with van der Waals surface area (Å²) >= 11 is 3.40. The molecule has 2 aromatic rings. The fraction of sp³-hybridized carbons (Fsp3) is 0.462. The number of rotatable bonds is 2. The molecule has 1 N–H and O–H groups in total. The molecule has 0 aliphatic carbocycles. The Kier molecular flexibility index (Phi) is 3.37. The average Bonchev–Trinajstić information content (AvgIpc) is 3.11. The van der Waals surface area contributed by atoms with Gasteiger partial charge in [0.2, 0.25) is 0 Å². The summed E-state index contributed by atoms with van der Waals surface area (Å²) in [5.41, 5.74) is 2.09. The highest BCUT2D eigenvalue weighted by atomic mass is 79.9. The zero-order chi connectivity index (χ0) is 14.3. The van der Waals surface area contributed by atoms with E-state index in [2.05, 4.69) is 31.3 Å². The second-order valence-electron chi connectivity index (χ2n) is 5.03. The molecule has 1 fully saturated rings. The lowest BCUT2D eigenvalue weighted by Gasteiger charge is -2.22. The maximum absolute atomic E-state index is 12.6. The largest absolute Gasteiger partial charge is 0.361 e. The van der Waals surface area contributed by atoms with Crippen molar-refractivity contribution in [1.82, 2.24) is 20.3 Å². The van der Waals surface area contributed by atoms with E-state index in [1.54, 1.807) is 0 Å². The number of nitrogens with zero attached hydrogens (tertiary/aromatic N) is 3. The van der Waals surface area contributed by atoms with E-state index in [4.69, 9.17) is 4.52 Å². The molecule has 20 heavy (non-hydrogen) atoms. The van der Waals surface area contributed by atoms with Crippen LogP contribution in [-0.2, 0) is 0 Å². The van der Waals surface area contributed by atoms with Crippen LogP contribution in [0.4, 0.5) is 0 Å². The minimum Gasteiger partial charge on any atom is -0.361 e. The van der Waals surface area contributed by atoms with E-state index in [1.165, 1.54) is 0 Å². The smallest absolute Gasteiger partial charge is 0.276 e. The Bertz CT molecular complexity index is 649. The Morgan fingerprint density at radius 2 is 2.35 bits per heavy atom. The summed E-state index contributed by atoms with van der Waals surface area (Å²) in [5, 5.41) is 11.0. The molecule has 1 saturated heterocycles. The normalized spacial score (nSPS) is 18.8. The number of H-pyrrole nitrogens is 1. The highest BCUT2D eigenvalue weighted by molar-refractivity contribution is 9.10. The van der Waals surface area contributed by atoms with Crippen LogP contribution in [0.25, 0.3) is 0 Å². The van der Waals surface area contributed by atoms with Crippen molar-refractivity contribution in [2.75, 3.05) is 6.54 Å². The van der Waals surface area contributed by atoms with E-state index in [0.29, 0.717) is 12.2 Å². The van der Waals surface area contributed by atoms with Gasteiger partial charge in [-0.15, -0.1) is 0 Å². The molecule has 3 heterocycles. The van der Waals surface area contributed by atoms with Crippen LogP contribution < -0.4 is 0 Å². The Balaban J connectivity index is 1.89. The quantitative estimate of drug-likeness (QED) is 0.913. The monoisotopic (exact) mass is 338 g/mol. The van der Waals surface area contributed by atoms with Crippen LogP contribution in [-0.4, -0.2) is 32.7 Å². The van der Waals surface area contributed by atoms with Crippen molar-refractivity contribution in [2.24, 2.45) is 0 Å². The molecule has 1 aliphatic heterocycles. The van der Waals surface area contributed by atoms with Crippen molar-refractivity contribution >= 4 is 21.8 Å². The van der Waals surface area contributed by atoms with Gasteiger partial charge in [0.15, 0.2) is 5.69 Å². The maximum atomic E-state index is 12.6. The molecule has 1 amide bonds. The first-order valence-electron chi connectivity index (χ1n) is 6.52. The van der Waals surface area contributed by atoms with Crippen LogP contribution >= 0.6 is 15.9 Å². The lowest BCUT2D eigenvalue weighted by molar-refractivity contribution is 0.0724. The lowest BCUT2D eigenvalue weighted by Crippen LogP contribution is -2.31. The van der Waals surface area contributed by atoms with Crippen LogP contribution in [0, 0.1) is 13.8 Å². The predicted octanol–water partition coefficient (Wildman–Crippen LogP) is 2.75. The molecule has 0 bridgehead atoms. The topological polar surface area (TPSA) is 75.0 Å². The van der Waals surface area contributed by atoms with Crippen LogP contribution in [0.3, 0.4) is 0 Å². The number of aryl methyl sites for hydroxylation is 2. The van der Waals surface area contributed by atoms with Crippen molar-refractivity contribution < 1.29 is 9.32 Å². The standard InChI is InChI=1S/C13H15BrN4O2/c1-7-6-9(17-20-7)10-4-3-5-18(10)13(19)12-11(14)8(2)15-16-12/h6,10H,3-5H2,1-2H3,(H,15,16). The lowest BCUT2D eigenvalue weighted by atomic mass is 10.1. The molecule has 3 rings (SSSR count). The second-order valence-corrected chi connectivity index (χ2v) is 5.82. The van der Waals surface area contributed by atoms with E-state index in [-0.39, 0.29) is 11.9 Å². The van der Waals surface area contributed by atoms with E-state index in [9.17, 15) is 4.79 Å². The van der Waals surface area contributed by atoms with Gasteiger partial charge in [-0.05, 0) is 42.6 Å². The van der Waals surface area contributed by atoms with Gasteiger partial charge >= 0.3 is 0 Å². The molecule has 6 nitrogen and oxygen atoms in total. The number of halogens is 1. The molecule has 0 saturated carbocycles. The van der Waals surface area contributed by atoms with Gasteiger partial charge in [0.25, 0.3) is 5.91 Å². The first-order chi connectivity index (χ1) is 9.58. The maximum Gasteiger partial charge on any atom is 0.276 e. The number of likely N-dealkylation sites (tertiary alicyclic amines) is 1. The number of hydrogen-bond acceptors (Lipinski definition) is 4. The van der Waals surface area contributed by atoms with Gasteiger partial charge in [-0.3, -0.25) is 9.89 Å². The van der Waals surface area contributed by atoms with Gasteiger partial charge < -0.3 is 9.42 Å². The summed E-state index contributed by atoms with van der Waals surface area (Å²) in [6.45, 7) is 4.44.